The van der Waals surface area contributed by atoms with Crippen molar-refractivity contribution in [2.75, 3.05) is 5.43 Å². The lowest BCUT2D eigenvalue weighted by atomic mass is 10.0. The Labute approximate surface area is 207 Å². The van der Waals surface area contributed by atoms with E-state index >= 15 is 0 Å². The van der Waals surface area contributed by atoms with E-state index in [4.69, 9.17) is 0 Å². The number of nitrogens with one attached hydrogen (secondary N) is 1. The highest BCUT2D eigenvalue weighted by Crippen LogP contribution is 2.39. The van der Waals surface area contributed by atoms with Crippen LogP contribution in [-0.4, -0.2) is 30.4 Å². The molecule has 2 aromatic carbocycles. The molecule has 0 amide bonds. The molecule has 2 aromatic heterocycles. The fourth-order valence-corrected chi connectivity index (χ4v) is 3.77. The van der Waals surface area contributed by atoms with Crippen molar-refractivity contribution in [3.63, 3.8) is 0 Å². The molecule has 0 aliphatic heterocycles. The molecule has 0 radical (unpaired) electrons. The molecule has 2 heterocycles. The Morgan fingerprint density at radius 2 is 1.70 bits per heavy atom. The van der Waals surface area contributed by atoms with E-state index in [2.05, 4.69) is 25.6 Å². The second-order valence-corrected chi connectivity index (χ2v) is 8.26. The number of anilines is 1. The maximum atomic E-state index is 13.2. The van der Waals surface area contributed by atoms with Crippen LogP contribution in [-0.2, 0) is 18.9 Å². The molecule has 0 fully saturated rings. The number of nitro benzene ring substituents is 1. The zero-order valence-electron chi connectivity index (χ0n) is 18.2. The van der Waals surface area contributed by atoms with E-state index in [1.165, 1.54) is 47.0 Å². The van der Waals surface area contributed by atoms with Crippen LogP contribution < -0.4 is 5.43 Å². The molecule has 0 bridgehead atoms. The van der Waals surface area contributed by atoms with Gasteiger partial charge in [-0.15, -0.1) is 11.3 Å². The third-order valence-electron chi connectivity index (χ3n) is 4.86. The summed E-state index contributed by atoms with van der Waals surface area (Å²) in [4.78, 5) is 18.3. The molecule has 4 aromatic rings. The number of hydrogen-bond donors (Lipinski definition) is 1. The first-order chi connectivity index (χ1) is 17.4. The first kappa shape index (κ1) is 25.7. The van der Waals surface area contributed by atoms with Crippen LogP contribution in [0, 0.1) is 10.1 Å². The van der Waals surface area contributed by atoms with Crippen molar-refractivity contribution in [2.45, 2.75) is 18.9 Å². The molecule has 9 nitrogen and oxygen atoms in total. The Morgan fingerprint density at radius 3 is 2.24 bits per heavy atom. The lowest BCUT2D eigenvalue weighted by Gasteiger charge is -2.13. The van der Waals surface area contributed by atoms with Crippen LogP contribution in [0.3, 0.4) is 0 Å². The van der Waals surface area contributed by atoms with Crippen molar-refractivity contribution in [3.05, 3.63) is 87.3 Å². The Morgan fingerprint density at radius 1 is 1.05 bits per heavy atom. The van der Waals surface area contributed by atoms with Crippen molar-refractivity contribution >= 4 is 27.9 Å². The molecular formula is C21H13F6N7O2S. The zero-order chi connectivity index (χ0) is 26.8. The van der Waals surface area contributed by atoms with Gasteiger partial charge in [0.15, 0.2) is 0 Å². The minimum Gasteiger partial charge on any atom is -0.258 e. The normalized spacial score (nSPS) is 12.5. The second kappa shape index (κ2) is 9.96. The van der Waals surface area contributed by atoms with Gasteiger partial charge >= 0.3 is 12.4 Å². The maximum absolute atomic E-state index is 13.2. The van der Waals surface area contributed by atoms with Gasteiger partial charge in [0.2, 0.25) is 5.13 Å². The van der Waals surface area contributed by atoms with Crippen molar-refractivity contribution in [1.82, 2.24) is 19.7 Å². The molecule has 37 heavy (non-hydrogen) atoms. The van der Waals surface area contributed by atoms with Crippen LogP contribution in [0.5, 0.6) is 0 Å². The Hall–Kier alpha value is -4.34. The Bertz CT molecular complexity index is 1400. The maximum Gasteiger partial charge on any atom is 0.416 e. The number of nitro groups is 1. The molecule has 0 spiro atoms. The van der Waals surface area contributed by atoms with Crippen molar-refractivity contribution in [2.24, 2.45) is 5.10 Å². The number of hydrazone groups is 1. The number of non-ortho nitro benzene ring substituents is 1. The lowest BCUT2D eigenvalue weighted by Crippen LogP contribution is -2.14. The van der Waals surface area contributed by atoms with E-state index < -0.39 is 28.4 Å². The van der Waals surface area contributed by atoms with Gasteiger partial charge in [-0.25, -0.2) is 14.6 Å². The van der Waals surface area contributed by atoms with Gasteiger partial charge in [0, 0.05) is 28.6 Å². The SMILES string of the molecule is O=[N+]([O-])c1ccc(/C(Cn2cncn2)=N\Nc2nc(-c3cc(C(F)(F)F)cc(C(F)(F)F)c3)cs2)cc1. The predicted octanol–water partition coefficient (Wildman–Crippen LogP) is 5.86. The molecule has 0 unspecified atom stereocenters. The molecule has 4 rings (SSSR count). The van der Waals surface area contributed by atoms with Crippen LogP contribution >= 0.6 is 11.3 Å². The van der Waals surface area contributed by atoms with Gasteiger partial charge in [0.05, 0.1) is 34.0 Å². The quantitative estimate of drug-likeness (QED) is 0.136. The number of benzene rings is 2. The van der Waals surface area contributed by atoms with Gasteiger partial charge in [-0.05, 0) is 30.3 Å². The molecule has 0 saturated heterocycles. The molecule has 1 N–H and O–H groups in total. The standard InChI is InChI=1S/C21H13F6N7O2S/c22-20(23,24)14-5-13(6-15(7-14)21(25,26)27)18-9-37-19(30-18)32-31-17(8-33-11-28-10-29-33)12-1-3-16(4-2-12)34(35)36/h1-7,9-11H,8H2,(H,30,32)/b31-17-. The molecule has 0 aliphatic rings. The second-order valence-electron chi connectivity index (χ2n) is 7.40. The number of alkyl halides is 6. The fourth-order valence-electron chi connectivity index (χ4n) is 3.11. The van der Waals surface area contributed by atoms with Crippen molar-refractivity contribution in [1.29, 1.82) is 0 Å². The molecule has 192 valence electrons. The first-order valence-electron chi connectivity index (χ1n) is 10.1. The highest BCUT2D eigenvalue weighted by Gasteiger charge is 2.37. The fraction of sp³-hybridized carbons (Fsp3) is 0.143. The topological polar surface area (TPSA) is 111 Å². The summed E-state index contributed by atoms with van der Waals surface area (Å²) >= 11 is 0.907. The van der Waals surface area contributed by atoms with Gasteiger partial charge in [0.1, 0.15) is 12.7 Å². The monoisotopic (exact) mass is 541 g/mol. The predicted molar refractivity (Wildman–Crippen MR) is 121 cm³/mol. The first-order valence-corrected chi connectivity index (χ1v) is 10.9. The zero-order valence-corrected chi connectivity index (χ0v) is 19.0. The van der Waals surface area contributed by atoms with E-state index in [1.807, 2.05) is 0 Å². The van der Waals surface area contributed by atoms with E-state index in [-0.39, 0.29) is 34.7 Å². The Balaban J connectivity index is 1.64. The van der Waals surface area contributed by atoms with E-state index in [1.54, 1.807) is 0 Å². The number of hydrogen-bond acceptors (Lipinski definition) is 8. The average molecular weight is 541 g/mol. The highest BCUT2D eigenvalue weighted by molar-refractivity contribution is 7.14. The Kier molecular flexibility index (Phi) is 6.93. The van der Waals surface area contributed by atoms with Crippen LogP contribution in [0.1, 0.15) is 16.7 Å². The molecule has 0 atom stereocenters. The van der Waals surface area contributed by atoms with Crippen molar-refractivity contribution in [3.8, 4) is 11.3 Å². The summed E-state index contributed by atoms with van der Waals surface area (Å²) in [5.74, 6) is 0. The summed E-state index contributed by atoms with van der Waals surface area (Å²) in [6, 6.07) is 6.70. The van der Waals surface area contributed by atoms with Crippen molar-refractivity contribution < 1.29 is 31.3 Å². The summed E-state index contributed by atoms with van der Waals surface area (Å²) in [6.07, 6.45) is -7.27. The summed E-state index contributed by atoms with van der Waals surface area (Å²) < 4.78 is 80.6. The molecule has 0 aliphatic carbocycles. The number of nitrogens with zero attached hydrogens (tertiary/aromatic N) is 6. The molecule has 16 heteroatoms. The van der Waals surface area contributed by atoms with Crippen LogP contribution in [0.15, 0.2) is 65.6 Å². The van der Waals surface area contributed by atoms with E-state index in [9.17, 15) is 36.5 Å². The molecular weight excluding hydrogens is 528 g/mol. The minimum absolute atomic E-state index is 0.0416. The van der Waals surface area contributed by atoms with Gasteiger partial charge in [0.25, 0.3) is 5.69 Å². The number of halogens is 6. The number of aromatic nitrogens is 4. The summed E-state index contributed by atoms with van der Waals surface area (Å²) in [6.45, 7) is 0.0889. The van der Waals surface area contributed by atoms with Crippen LogP contribution in [0.4, 0.5) is 37.2 Å². The number of rotatable bonds is 7. The molecule has 0 saturated carbocycles. The smallest absolute Gasteiger partial charge is 0.258 e. The summed E-state index contributed by atoms with van der Waals surface area (Å²) in [5.41, 5.74) is -0.0727. The van der Waals surface area contributed by atoms with Gasteiger partial charge in [-0.2, -0.15) is 36.5 Å². The highest BCUT2D eigenvalue weighted by atomic mass is 32.1. The minimum atomic E-state index is -4.99. The summed E-state index contributed by atoms with van der Waals surface area (Å²) in [7, 11) is 0. The average Bonchev–Trinajstić information content (AvgIpc) is 3.53. The van der Waals surface area contributed by atoms with E-state index in [0.717, 1.165) is 11.3 Å². The summed E-state index contributed by atoms with van der Waals surface area (Å²) in [5, 5.41) is 20.5. The largest absolute Gasteiger partial charge is 0.416 e. The van der Waals surface area contributed by atoms with E-state index in [0.29, 0.717) is 23.4 Å². The number of thiazole rings is 1. The van der Waals surface area contributed by atoms with Crippen LogP contribution in [0.25, 0.3) is 11.3 Å². The van der Waals surface area contributed by atoms with Gasteiger partial charge in [-0.1, -0.05) is 0 Å². The van der Waals surface area contributed by atoms with Crippen LogP contribution in [0.2, 0.25) is 0 Å². The third kappa shape index (κ3) is 6.27. The van der Waals surface area contributed by atoms with Gasteiger partial charge < -0.3 is 0 Å². The lowest BCUT2D eigenvalue weighted by molar-refractivity contribution is -0.384. The van der Waals surface area contributed by atoms with Gasteiger partial charge in [-0.3, -0.25) is 15.5 Å². The third-order valence-corrected chi connectivity index (χ3v) is 5.61.